The summed E-state index contributed by atoms with van der Waals surface area (Å²) >= 11 is 6.00. The minimum atomic E-state index is -0.973. The molecule has 0 saturated carbocycles. The standard InChI is InChI=1S/C24H20ClN3O6/c1-32-17-11-12-20(21(13-17)33-2)27-22(29)23(30)28-26-14-15-7-9-16(10-8-15)34-24(31)18-5-3-4-6-19(18)25/h3-14H,1-2H3,(H,27,29)(H,28,30)/b26-14+. The number of nitrogens with one attached hydrogen (secondary N) is 2. The molecule has 0 aliphatic rings. The summed E-state index contributed by atoms with van der Waals surface area (Å²) in [6.45, 7) is 0. The lowest BCUT2D eigenvalue weighted by atomic mass is 10.2. The first-order chi connectivity index (χ1) is 16.4. The van der Waals surface area contributed by atoms with E-state index in [0.717, 1.165) is 0 Å². The third kappa shape index (κ3) is 6.33. The van der Waals surface area contributed by atoms with Gasteiger partial charge in [-0.05, 0) is 54.1 Å². The van der Waals surface area contributed by atoms with Crippen molar-refractivity contribution in [3.63, 3.8) is 0 Å². The third-order valence-electron chi connectivity index (χ3n) is 4.43. The number of amides is 2. The van der Waals surface area contributed by atoms with Crippen LogP contribution < -0.4 is 25.0 Å². The van der Waals surface area contributed by atoms with E-state index in [0.29, 0.717) is 33.5 Å². The molecule has 34 heavy (non-hydrogen) atoms. The number of hydrogen-bond acceptors (Lipinski definition) is 7. The molecule has 3 rings (SSSR count). The second-order valence-corrected chi connectivity index (χ2v) is 7.07. The molecule has 0 radical (unpaired) electrons. The Kier molecular flexibility index (Phi) is 8.20. The largest absolute Gasteiger partial charge is 0.497 e. The number of esters is 1. The van der Waals surface area contributed by atoms with Gasteiger partial charge in [0.1, 0.15) is 17.2 Å². The van der Waals surface area contributed by atoms with E-state index in [4.69, 9.17) is 25.8 Å². The molecule has 0 heterocycles. The summed E-state index contributed by atoms with van der Waals surface area (Å²) in [5, 5.41) is 6.50. The van der Waals surface area contributed by atoms with E-state index in [9.17, 15) is 14.4 Å². The summed E-state index contributed by atoms with van der Waals surface area (Å²) in [5.74, 6) is -1.31. The van der Waals surface area contributed by atoms with E-state index in [-0.39, 0.29) is 5.56 Å². The number of methoxy groups -OCH3 is 2. The quantitative estimate of drug-likeness (QED) is 0.175. The van der Waals surface area contributed by atoms with E-state index in [1.807, 2.05) is 0 Å². The van der Waals surface area contributed by atoms with Crippen LogP contribution in [0.25, 0.3) is 0 Å². The Labute approximate surface area is 200 Å². The summed E-state index contributed by atoms with van der Waals surface area (Å²) in [7, 11) is 2.93. The van der Waals surface area contributed by atoms with Crippen LogP contribution >= 0.6 is 11.6 Å². The first-order valence-electron chi connectivity index (χ1n) is 9.84. The summed E-state index contributed by atoms with van der Waals surface area (Å²) < 4.78 is 15.6. The number of nitrogens with zero attached hydrogens (tertiary/aromatic N) is 1. The zero-order chi connectivity index (χ0) is 24.5. The zero-order valence-corrected chi connectivity index (χ0v) is 19.0. The van der Waals surface area contributed by atoms with Gasteiger partial charge in [0, 0.05) is 6.07 Å². The van der Waals surface area contributed by atoms with Crippen molar-refractivity contribution in [1.82, 2.24) is 5.43 Å². The fourth-order valence-electron chi connectivity index (χ4n) is 2.71. The number of benzene rings is 3. The number of rotatable bonds is 7. The fourth-order valence-corrected chi connectivity index (χ4v) is 2.92. The van der Waals surface area contributed by atoms with Gasteiger partial charge in [-0.15, -0.1) is 0 Å². The average Bonchev–Trinajstić information content (AvgIpc) is 2.85. The number of hydrazone groups is 1. The van der Waals surface area contributed by atoms with Crippen molar-refractivity contribution in [3.05, 3.63) is 82.9 Å². The summed E-state index contributed by atoms with van der Waals surface area (Å²) in [4.78, 5) is 36.4. The van der Waals surface area contributed by atoms with Crippen LogP contribution in [-0.2, 0) is 9.59 Å². The van der Waals surface area contributed by atoms with Gasteiger partial charge in [0.25, 0.3) is 0 Å². The van der Waals surface area contributed by atoms with Crippen molar-refractivity contribution in [1.29, 1.82) is 0 Å². The lowest BCUT2D eigenvalue weighted by Crippen LogP contribution is -2.32. The highest BCUT2D eigenvalue weighted by atomic mass is 35.5. The third-order valence-corrected chi connectivity index (χ3v) is 4.76. The molecule has 0 aliphatic carbocycles. The van der Waals surface area contributed by atoms with Crippen LogP contribution in [-0.4, -0.2) is 38.2 Å². The number of anilines is 1. The molecule has 9 nitrogen and oxygen atoms in total. The summed E-state index contributed by atoms with van der Waals surface area (Å²) in [6, 6.07) is 17.6. The molecule has 0 atom stereocenters. The Hall–Kier alpha value is -4.37. The molecule has 174 valence electrons. The summed E-state index contributed by atoms with van der Waals surface area (Å²) in [5.41, 5.74) is 3.28. The van der Waals surface area contributed by atoms with Crippen LogP contribution in [0.4, 0.5) is 5.69 Å². The highest BCUT2D eigenvalue weighted by Gasteiger charge is 2.16. The number of ether oxygens (including phenoxy) is 3. The van der Waals surface area contributed by atoms with E-state index in [1.54, 1.807) is 66.7 Å². The maximum Gasteiger partial charge on any atom is 0.345 e. The highest BCUT2D eigenvalue weighted by Crippen LogP contribution is 2.28. The van der Waals surface area contributed by atoms with Gasteiger partial charge in [0.15, 0.2) is 0 Å². The Morgan fingerprint density at radius 1 is 0.882 bits per heavy atom. The number of carbonyl (C=O) groups is 3. The zero-order valence-electron chi connectivity index (χ0n) is 18.2. The molecule has 0 aliphatic heterocycles. The predicted molar refractivity (Wildman–Crippen MR) is 127 cm³/mol. The molecule has 0 aromatic heterocycles. The highest BCUT2D eigenvalue weighted by molar-refractivity contribution is 6.39. The second-order valence-electron chi connectivity index (χ2n) is 6.66. The maximum atomic E-state index is 12.2. The van der Waals surface area contributed by atoms with Gasteiger partial charge in [-0.3, -0.25) is 9.59 Å². The molecule has 0 bridgehead atoms. The SMILES string of the molecule is COc1ccc(NC(=O)C(=O)N/N=C/c2ccc(OC(=O)c3ccccc3Cl)cc2)c(OC)c1. The van der Waals surface area contributed by atoms with Crippen LogP contribution in [0.3, 0.4) is 0 Å². The molecule has 3 aromatic rings. The lowest BCUT2D eigenvalue weighted by molar-refractivity contribution is -0.136. The Morgan fingerprint density at radius 2 is 1.59 bits per heavy atom. The van der Waals surface area contributed by atoms with E-state index >= 15 is 0 Å². The molecular weight excluding hydrogens is 462 g/mol. The topological polar surface area (TPSA) is 115 Å². The van der Waals surface area contributed by atoms with Gasteiger partial charge in [-0.1, -0.05) is 23.7 Å². The minimum absolute atomic E-state index is 0.253. The van der Waals surface area contributed by atoms with Crippen LogP contribution in [0.15, 0.2) is 71.8 Å². The molecule has 0 spiro atoms. The van der Waals surface area contributed by atoms with Crippen molar-refractivity contribution in [2.45, 2.75) is 0 Å². The van der Waals surface area contributed by atoms with Crippen molar-refractivity contribution in [3.8, 4) is 17.2 Å². The Balaban J connectivity index is 1.54. The lowest BCUT2D eigenvalue weighted by Gasteiger charge is -2.10. The Morgan fingerprint density at radius 3 is 2.26 bits per heavy atom. The molecule has 2 N–H and O–H groups in total. The van der Waals surface area contributed by atoms with Crippen LogP contribution in [0, 0.1) is 0 Å². The van der Waals surface area contributed by atoms with Gasteiger partial charge >= 0.3 is 17.8 Å². The normalized spacial score (nSPS) is 10.4. The van der Waals surface area contributed by atoms with Gasteiger partial charge in [-0.2, -0.15) is 5.10 Å². The molecule has 3 aromatic carbocycles. The van der Waals surface area contributed by atoms with Crippen LogP contribution in [0.5, 0.6) is 17.2 Å². The molecule has 0 unspecified atom stereocenters. The van der Waals surface area contributed by atoms with Crippen molar-refractivity contribution < 1.29 is 28.6 Å². The van der Waals surface area contributed by atoms with Gasteiger partial charge in [-0.25, -0.2) is 10.2 Å². The van der Waals surface area contributed by atoms with Gasteiger partial charge < -0.3 is 19.5 Å². The van der Waals surface area contributed by atoms with Crippen LogP contribution in [0.1, 0.15) is 15.9 Å². The van der Waals surface area contributed by atoms with Gasteiger partial charge in [0.05, 0.1) is 36.7 Å². The fraction of sp³-hybridized carbons (Fsp3) is 0.0833. The first kappa shape index (κ1) is 24.3. The number of halogens is 1. The van der Waals surface area contributed by atoms with Gasteiger partial charge in [0.2, 0.25) is 0 Å². The molecule has 0 saturated heterocycles. The molecule has 10 heteroatoms. The summed E-state index contributed by atoms with van der Waals surface area (Å²) in [6.07, 6.45) is 1.33. The predicted octanol–water partition coefficient (Wildman–Crippen LogP) is 3.67. The van der Waals surface area contributed by atoms with Crippen LogP contribution in [0.2, 0.25) is 5.02 Å². The minimum Gasteiger partial charge on any atom is -0.497 e. The van der Waals surface area contributed by atoms with E-state index in [2.05, 4.69) is 15.8 Å². The van der Waals surface area contributed by atoms with Crippen molar-refractivity contribution >= 4 is 41.3 Å². The smallest absolute Gasteiger partial charge is 0.345 e. The monoisotopic (exact) mass is 481 g/mol. The van der Waals surface area contributed by atoms with E-state index < -0.39 is 17.8 Å². The van der Waals surface area contributed by atoms with Crippen molar-refractivity contribution in [2.75, 3.05) is 19.5 Å². The van der Waals surface area contributed by atoms with Crippen molar-refractivity contribution in [2.24, 2.45) is 5.10 Å². The maximum absolute atomic E-state index is 12.2. The molecular formula is C24H20ClN3O6. The molecule has 0 fully saturated rings. The molecule has 2 amide bonds. The number of hydrogen-bond donors (Lipinski definition) is 2. The van der Waals surface area contributed by atoms with E-state index in [1.165, 1.54) is 20.4 Å². The number of carbonyl (C=O) groups excluding carboxylic acids is 3. The first-order valence-corrected chi connectivity index (χ1v) is 10.2. The second kappa shape index (κ2) is 11.5. The average molecular weight is 482 g/mol. The Bertz CT molecular complexity index is 1230.